The van der Waals surface area contributed by atoms with Crippen LogP contribution in [0.4, 0.5) is 0 Å². The maximum absolute atomic E-state index is 2.42. The molecular formula is C13H20. The van der Waals surface area contributed by atoms with Crippen LogP contribution in [0.25, 0.3) is 0 Å². The molecule has 3 unspecified atom stereocenters. The molecule has 13 heavy (non-hydrogen) atoms. The molecule has 72 valence electrons. The zero-order valence-corrected chi connectivity index (χ0v) is 8.79. The molecule has 1 saturated carbocycles. The lowest BCUT2D eigenvalue weighted by Crippen LogP contribution is -2.06. The zero-order valence-electron chi connectivity index (χ0n) is 8.79. The van der Waals surface area contributed by atoms with Crippen LogP contribution in [0.3, 0.4) is 0 Å². The molecule has 0 bridgehead atoms. The second kappa shape index (κ2) is 3.69. The van der Waals surface area contributed by atoms with Gasteiger partial charge in [0, 0.05) is 0 Å². The van der Waals surface area contributed by atoms with Crippen molar-refractivity contribution in [2.24, 2.45) is 17.8 Å². The van der Waals surface area contributed by atoms with Gasteiger partial charge in [-0.05, 0) is 43.4 Å². The summed E-state index contributed by atoms with van der Waals surface area (Å²) in [6.45, 7) is 4.81. The van der Waals surface area contributed by atoms with Gasteiger partial charge in [0.05, 0.1) is 0 Å². The van der Waals surface area contributed by atoms with E-state index in [9.17, 15) is 0 Å². The minimum atomic E-state index is 0.836. The van der Waals surface area contributed by atoms with Gasteiger partial charge in [-0.2, -0.15) is 0 Å². The quantitative estimate of drug-likeness (QED) is 0.524. The van der Waals surface area contributed by atoms with Crippen molar-refractivity contribution in [1.29, 1.82) is 0 Å². The van der Waals surface area contributed by atoms with Crippen molar-refractivity contribution >= 4 is 0 Å². The van der Waals surface area contributed by atoms with Crippen LogP contribution >= 0.6 is 0 Å². The van der Waals surface area contributed by atoms with Crippen LogP contribution in [0.5, 0.6) is 0 Å². The van der Waals surface area contributed by atoms with Gasteiger partial charge in [0.1, 0.15) is 0 Å². The summed E-state index contributed by atoms with van der Waals surface area (Å²) in [7, 11) is 0. The van der Waals surface area contributed by atoms with Crippen LogP contribution < -0.4 is 0 Å². The monoisotopic (exact) mass is 176 g/mol. The summed E-state index contributed by atoms with van der Waals surface area (Å²) in [6.07, 6.45) is 12.5. The highest BCUT2D eigenvalue weighted by Gasteiger charge is 2.32. The van der Waals surface area contributed by atoms with Gasteiger partial charge < -0.3 is 0 Å². The molecule has 0 aromatic carbocycles. The van der Waals surface area contributed by atoms with E-state index in [0.717, 1.165) is 17.8 Å². The van der Waals surface area contributed by atoms with E-state index >= 15 is 0 Å². The van der Waals surface area contributed by atoms with Gasteiger partial charge in [-0.25, -0.2) is 0 Å². The highest BCUT2D eigenvalue weighted by Crippen LogP contribution is 2.43. The molecule has 0 amide bonds. The van der Waals surface area contributed by atoms with Crippen LogP contribution in [0, 0.1) is 17.8 Å². The van der Waals surface area contributed by atoms with E-state index in [1.54, 1.807) is 5.57 Å². The van der Waals surface area contributed by atoms with Gasteiger partial charge in [-0.3, -0.25) is 0 Å². The molecular weight excluding hydrogens is 156 g/mol. The number of rotatable bonds is 0. The predicted octanol–water partition coefficient (Wildman–Crippen LogP) is 3.95. The lowest BCUT2D eigenvalue weighted by atomic mass is 9.87. The highest BCUT2D eigenvalue weighted by atomic mass is 14.4. The lowest BCUT2D eigenvalue weighted by Gasteiger charge is -2.18. The average Bonchev–Trinajstić information content (AvgIpc) is 2.25. The third kappa shape index (κ3) is 1.72. The summed E-state index contributed by atoms with van der Waals surface area (Å²) >= 11 is 0. The maximum Gasteiger partial charge on any atom is -0.0171 e. The van der Waals surface area contributed by atoms with Crippen molar-refractivity contribution in [2.45, 2.75) is 39.5 Å². The van der Waals surface area contributed by atoms with Gasteiger partial charge >= 0.3 is 0 Å². The van der Waals surface area contributed by atoms with Crippen LogP contribution in [0.15, 0.2) is 23.8 Å². The Labute approximate surface area is 81.7 Å². The smallest absolute Gasteiger partial charge is 0.0171 e. The van der Waals surface area contributed by atoms with Crippen LogP contribution in [0.2, 0.25) is 0 Å². The first-order valence-electron chi connectivity index (χ1n) is 5.65. The van der Waals surface area contributed by atoms with E-state index in [0.29, 0.717) is 0 Å². The van der Waals surface area contributed by atoms with E-state index in [1.165, 1.54) is 25.7 Å². The number of hydrogen-bond donors (Lipinski definition) is 0. The summed E-state index contributed by atoms with van der Waals surface area (Å²) < 4.78 is 0. The normalized spacial score (nSPS) is 39.2. The maximum atomic E-state index is 2.42. The third-order valence-electron chi connectivity index (χ3n) is 3.72. The summed E-state index contributed by atoms with van der Waals surface area (Å²) in [5.41, 5.74) is 1.73. The Balaban J connectivity index is 2.24. The van der Waals surface area contributed by atoms with Gasteiger partial charge in [0.15, 0.2) is 0 Å². The van der Waals surface area contributed by atoms with Crippen molar-refractivity contribution in [3.8, 4) is 0 Å². The van der Waals surface area contributed by atoms with Crippen LogP contribution in [-0.4, -0.2) is 0 Å². The minimum absolute atomic E-state index is 0.836. The molecule has 0 spiro atoms. The Bertz CT molecular complexity index is 234. The first-order chi connectivity index (χ1) is 6.29. The van der Waals surface area contributed by atoms with E-state index in [2.05, 4.69) is 32.1 Å². The standard InChI is InChI=1S/C13H20/c1-10-9-11(2)13-8-6-4-3-5-7-12(10)13/h3,5,7,10-11,13H,4,6,8-9H2,1-2H3. The van der Waals surface area contributed by atoms with Gasteiger partial charge in [0.25, 0.3) is 0 Å². The van der Waals surface area contributed by atoms with Crippen molar-refractivity contribution in [3.05, 3.63) is 23.8 Å². The fraction of sp³-hybridized carbons (Fsp3) is 0.692. The predicted molar refractivity (Wildman–Crippen MR) is 57.5 cm³/mol. The molecule has 0 aromatic rings. The molecule has 2 rings (SSSR count). The van der Waals surface area contributed by atoms with Gasteiger partial charge in [0.2, 0.25) is 0 Å². The number of allylic oxidation sites excluding steroid dienone is 4. The Hall–Kier alpha value is -0.520. The van der Waals surface area contributed by atoms with Gasteiger partial charge in [-0.1, -0.05) is 37.6 Å². The summed E-state index contributed by atoms with van der Waals surface area (Å²) in [5, 5.41) is 0. The largest absolute Gasteiger partial charge is 0.0845 e. The molecule has 3 atom stereocenters. The lowest BCUT2D eigenvalue weighted by molar-refractivity contribution is 0.417. The van der Waals surface area contributed by atoms with Crippen molar-refractivity contribution < 1.29 is 0 Å². The van der Waals surface area contributed by atoms with Crippen molar-refractivity contribution in [3.63, 3.8) is 0 Å². The first kappa shape index (κ1) is 9.05. The molecule has 0 heterocycles. The fourth-order valence-electron chi connectivity index (χ4n) is 3.02. The second-order valence-corrected chi connectivity index (χ2v) is 4.75. The SMILES string of the molecule is CC1CC(C)C2CCCC=CC=C12. The van der Waals surface area contributed by atoms with E-state index < -0.39 is 0 Å². The topological polar surface area (TPSA) is 0 Å². The van der Waals surface area contributed by atoms with Crippen molar-refractivity contribution in [2.75, 3.05) is 0 Å². The summed E-state index contributed by atoms with van der Waals surface area (Å²) in [6, 6.07) is 0. The fourth-order valence-corrected chi connectivity index (χ4v) is 3.02. The minimum Gasteiger partial charge on any atom is -0.0845 e. The highest BCUT2D eigenvalue weighted by molar-refractivity contribution is 5.23. The molecule has 0 saturated heterocycles. The van der Waals surface area contributed by atoms with Gasteiger partial charge in [-0.15, -0.1) is 0 Å². The molecule has 0 aromatic heterocycles. The number of hydrogen-bond acceptors (Lipinski definition) is 0. The molecule has 0 N–H and O–H groups in total. The third-order valence-corrected chi connectivity index (χ3v) is 3.72. The molecule has 2 aliphatic rings. The van der Waals surface area contributed by atoms with Crippen LogP contribution in [0.1, 0.15) is 39.5 Å². The average molecular weight is 176 g/mol. The zero-order chi connectivity index (χ0) is 9.26. The Morgan fingerprint density at radius 3 is 3.00 bits per heavy atom. The Morgan fingerprint density at radius 2 is 2.15 bits per heavy atom. The Morgan fingerprint density at radius 1 is 1.31 bits per heavy atom. The van der Waals surface area contributed by atoms with E-state index in [4.69, 9.17) is 0 Å². The second-order valence-electron chi connectivity index (χ2n) is 4.75. The van der Waals surface area contributed by atoms with Crippen molar-refractivity contribution in [1.82, 2.24) is 0 Å². The number of fused-ring (bicyclic) bond motifs is 1. The summed E-state index contributed by atoms with van der Waals surface area (Å²) in [5.74, 6) is 2.66. The van der Waals surface area contributed by atoms with E-state index in [-0.39, 0.29) is 0 Å². The molecule has 0 aliphatic heterocycles. The van der Waals surface area contributed by atoms with Crippen LogP contribution in [-0.2, 0) is 0 Å². The Kier molecular flexibility index (Phi) is 2.57. The molecule has 1 fully saturated rings. The molecule has 2 aliphatic carbocycles. The summed E-state index contributed by atoms with van der Waals surface area (Å²) in [4.78, 5) is 0. The molecule has 0 heteroatoms. The first-order valence-corrected chi connectivity index (χ1v) is 5.65. The van der Waals surface area contributed by atoms with E-state index in [1.807, 2.05) is 0 Å². The molecule has 0 nitrogen and oxygen atoms in total. The molecule has 0 radical (unpaired) electrons.